The first-order chi connectivity index (χ1) is 10.6. The van der Waals surface area contributed by atoms with Crippen molar-refractivity contribution in [2.45, 2.75) is 47.5 Å². The molecule has 7 nitrogen and oxygen atoms in total. The van der Waals surface area contributed by atoms with Gasteiger partial charge in [0.15, 0.2) is 0 Å². The molecular weight excluding hydrogens is 300 g/mol. The molecule has 0 bridgehead atoms. The summed E-state index contributed by atoms with van der Waals surface area (Å²) in [6, 6.07) is 0. The van der Waals surface area contributed by atoms with Gasteiger partial charge in [-0.05, 0) is 11.3 Å². The third-order valence-corrected chi connectivity index (χ3v) is 2.49. The van der Waals surface area contributed by atoms with E-state index < -0.39 is 6.09 Å². The minimum Gasteiger partial charge on any atom is -0.465 e. The molecule has 0 aliphatic rings. The Labute approximate surface area is 138 Å². The number of carbonyl (C=O) groups excluding carboxylic acids is 3. The normalized spacial score (nSPS) is 11.0. The van der Waals surface area contributed by atoms with Crippen molar-refractivity contribution >= 4 is 18.0 Å². The highest BCUT2D eigenvalue weighted by molar-refractivity contribution is 5.77. The second-order valence-corrected chi connectivity index (χ2v) is 6.99. The molecular formula is C16H30N2O5. The first-order valence-corrected chi connectivity index (χ1v) is 7.93. The Morgan fingerprint density at radius 2 is 1.57 bits per heavy atom. The van der Waals surface area contributed by atoms with Crippen molar-refractivity contribution in [2.24, 2.45) is 11.3 Å². The Morgan fingerprint density at radius 1 is 0.957 bits per heavy atom. The van der Waals surface area contributed by atoms with Crippen molar-refractivity contribution in [2.75, 3.05) is 26.3 Å². The summed E-state index contributed by atoms with van der Waals surface area (Å²) in [6.45, 7) is 10.9. The van der Waals surface area contributed by atoms with E-state index in [1.807, 2.05) is 34.6 Å². The zero-order valence-corrected chi connectivity index (χ0v) is 14.9. The van der Waals surface area contributed by atoms with E-state index in [1.54, 1.807) is 0 Å². The monoisotopic (exact) mass is 330 g/mol. The van der Waals surface area contributed by atoms with Crippen LogP contribution in [0.2, 0.25) is 0 Å². The summed E-state index contributed by atoms with van der Waals surface area (Å²) in [5, 5.41) is 5.10. The van der Waals surface area contributed by atoms with Crippen LogP contribution in [0.4, 0.5) is 4.79 Å². The van der Waals surface area contributed by atoms with E-state index in [-0.39, 0.29) is 49.1 Å². The van der Waals surface area contributed by atoms with E-state index in [9.17, 15) is 14.4 Å². The molecule has 0 aliphatic carbocycles. The van der Waals surface area contributed by atoms with E-state index in [0.29, 0.717) is 13.2 Å². The number of hydrogen-bond donors (Lipinski definition) is 2. The number of amides is 2. The van der Waals surface area contributed by atoms with Crippen LogP contribution in [0.5, 0.6) is 0 Å². The van der Waals surface area contributed by atoms with Crippen LogP contribution in [0.25, 0.3) is 0 Å². The average Bonchev–Trinajstić information content (AvgIpc) is 2.42. The number of esters is 1. The van der Waals surface area contributed by atoms with Crippen molar-refractivity contribution in [3.63, 3.8) is 0 Å². The molecule has 2 N–H and O–H groups in total. The topological polar surface area (TPSA) is 93.7 Å². The average molecular weight is 330 g/mol. The minimum atomic E-state index is -0.537. The van der Waals surface area contributed by atoms with E-state index in [4.69, 9.17) is 9.47 Å². The number of alkyl carbamates (subject to hydrolysis) is 1. The molecule has 2 amide bonds. The minimum absolute atomic E-state index is 0.0983. The number of ether oxygens (including phenoxy) is 2. The standard InChI is InChI=1S/C16H30N2O5/c1-12(2)10-22-14(20)7-9-17-13(19)6-8-18-15(21)23-11-16(3,4)5/h12H,6-11H2,1-5H3,(H,17,19)(H,18,21). The number of nitrogens with one attached hydrogen (secondary N) is 2. The summed E-state index contributed by atoms with van der Waals surface area (Å²) >= 11 is 0. The number of hydrogen-bond acceptors (Lipinski definition) is 5. The lowest BCUT2D eigenvalue weighted by Crippen LogP contribution is -2.33. The van der Waals surface area contributed by atoms with Crippen LogP contribution in [0.15, 0.2) is 0 Å². The third-order valence-electron chi connectivity index (χ3n) is 2.49. The van der Waals surface area contributed by atoms with Gasteiger partial charge in [0.1, 0.15) is 0 Å². The van der Waals surface area contributed by atoms with Crippen molar-refractivity contribution in [3.8, 4) is 0 Å². The molecule has 0 spiro atoms. The fourth-order valence-electron chi connectivity index (χ4n) is 1.34. The SMILES string of the molecule is CC(C)COC(=O)CCNC(=O)CCNC(=O)OCC(C)(C)C. The van der Waals surface area contributed by atoms with Gasteiger partial charge in [-0.2, -0.15) is 0 Å². The largest absolute Gasteiger partial charge is 0.465 e. The summed E-state index contributed by atoms with van der Waals surface area (Å²) < 4.78 is 9.99. The maximum atomic E-state index is 11.5. The van der Waals surface area contributed by atoms with Gasteiger partial charge >= 0.3 is 12.1 Å². The Kier molecular flexibility index (Phi) is 10.0. The Bertz CT molecular complexity index is 388. The summed E-state index contributed by atoms with van der Waals surface area (Å²) in [4.78, 5) is 34.2. The van der Waals surface area contributed by atoms with Crippen molar-refractivity contribution in [1.82, 2.24) is 10.6 Å². The molecule has 0 fully saturated rings. The van der Waals surface area contributed by atoms with Gasteiger partial charge in [0.25, 0.3) is 0 Å². The molecule has 0 aliphatic heterocycles. The van der Waals surface area contributed by atoms with Crippen molar-refractivity contribution < 1.29 is 23.9 Å². The highest BCUT2D eigenvalue weighted by atomic mass is 16.5. The first-order valence-electron chi connectivity index (χ1n) is 7.93. The molecule has 0 radical (unpaired) electrons. The fourth-order valence-corrected chi connectivity index (χ4v) is 1.34. The van der Waals surface area contributed by atoms with E-state index in [0.717, 1.165) is 0 Å². The van der Waals surface area contributed by atoms with Crippen LogP contribution < -0.4 is 10.6 Å². The Hall–Kier alpha value is -1.79. The maximum absolute atomic E-state index is 11.5. The lowest BCUT2D eigenvalue weighted by molar-refractivity contribution is -0.144. The molecule has 0 unspecified atom stereocenters. The molecule has 0 aromatic rings. The predicted molar refractivity (Wildman–Crippen MR) is 86.8 cm³/mol. The molecule has 23 heavy (non-hydrogen) atoms. The first kappa shape index (κ1) is 21.2. The summed E-state index contributed by atoms with van der Waals surface area (Å²) in [5.41, 5.74) is -0.0983. The molecule has 0 atom stereocenters. The van der Waals surface area contributed by atoms with Gasteiger partial charge in [0.05, 0.1) is 19.6 Å². The number of rotatable bonds is 9. The van der Waals surface area contributed by atoms with Crippen molar-refractivity contribution in [1.29, 1.82) is 0 Å². The summed E-state index contributed by atoms with van der Waals surface area (Å²) in [6.07, 6.45) is -0.268. The van der Waals surface area contributed by atoms with E-state index >= 15 is 0 Å². The van der Waals surface area contributed by atoms with Gasteiger partial charge in [-0.3, -0.25) is 9.59 Å². The van der Waals surface area contributed by atoms with Crippen molar-refractivity contribution in [3.05, 3.63) is 0 Å². The fraction of sp³-hybridized carbons (Fsp3) is 0.812. The Balaban J connectivity index is 3.64. The zero-order chi connectivity index (χ0) is 17.9. The van der Waals surface area contributed by atoms with Gasteiger partial charge < -0.3 is 20.1 Å². The van der Waals surface area contributed by atoms with Gasteiger partial charge in [-0.15, -0.1) is 0 Å². The molecule has 0 saturated heterocycles. The van der Waals surface area contributed by atoms with Crippen LogP contribution in [0.1, 0.15) is 47.5 Å². The van der Waals surface area contributed by atoms with Gasteiger partial charge in [-0.1, -0.05) is 34.6 Å². The second kappa shape index (κ2) is 10.9. The summed E-state index contributed by atoms with van der Waals surface area (Å²) in [7, 11) is 0. The number of carbonyl (C=O) groups is 3. The van der Waals surface area contributed by atoms with Crippen LogP contribution >= 0.6 is 0 Å². The molecule has 0 aromatic heterocycles. The smallest absolute Gasteiger partial charge is 0.407 e. The second-order valence-electron chi connectivity index (χ2n) is 6.99. The Morgan fingerprint density at radius 3 is 2.13 bits per heavy atom. The zero-order valence-electron chi connectivity index (χ0n) is 14.9. The lowest BCUT2D eigenvalue weighted by Gasteiger charge is -2.17. The maximum Gasteiger partial charge on any atom is 0.407 e. The summed E-state index contributed by atoms with van der Waals surface area (Å²) in [5.74, 6) is -0.279. The van der Waals surface area contributed by atoms with Crippen LogP contribution in [-0.2, 0) is 19.1 Å². The predicted octanol–water partition coefficient (Wildman–Crippen LogP) is 1.85. The molecule has 0 rings (SSSR count). The van der Waals surface area contributed by atoms with Gasteiger partial charge in [0, 0.05) is 19.5 Å². The van der Waals surface area contributed by atoms with Gasteiger partial charge in [0.2, 0.25) is 5.91 Å². The van der Waals surface area contributed by atoms with E-state index in [2.05, 4.69) is 10.6 Å². The molecule has 7 heteroatoms. The molecule has 0 saturated carbocycles. The molecule has 0 aromatic carbocycles. The van der Waals surface area contributed by atoms with Gasteiger partial charge in [-0.25, -0.2) is 4.79 Å². The molecule has 0 heterocycles. The highest BCUT2D eigenvalue weighted by Crippen LogP contribution is 2.12. The van der Waals surface area contributed by atoms with Crippen LogP contribution in [0, 0.1) is 11.3 Å². The quantitative estimate of drug-likeness (QED) is 0.629. The van der Waals surface area contributed by atoms with Crippen LogP contribution in [0.3, 0.4) is 0 Å². The van der Waals surface area contributed by atoms with Crippen LogP contribution in [-0.4, -0.2) is 44.3 Å². The third kappa shape index (κ3) is 14.9. The highest BCUT2D eigenvalue weighted by Gasteiger charge is 2.13. The lowest BCUT2D eigenvalue weighted by atomic mass is 9.99. The molecule has 134 valence electrons. The van der Waals surface area contributed by atoms with E-state index in [1.165, 1.54) is 0 Å².